The van der Waals surface area contributed by atoms with Crippen molar-refractivity contribution in [3.05, 3.63) is 59.2 Å². The van der Waals surface area contributed by atoms with Gasteiger partial charge in [0, 0.05) is 30.4 Å². The van der Waals surface area contributed by atoms with Crippen LogP contribution < -0.4 is 10.2 Å². The number of nitrogens with one attached hydrogen (secondary N) is 1. The van der Waals surface area contributed by atoms with Crippen LogP contribution >= 0.6 is 0 Å². The van der Waals surface area contributed by atoms with Gasteiger partial charge in [-0.15, -0.1) is 0 Å². The Labute approximate surface area is 129 Å². The Morgan fingerprint density at radius 1 is 1.14 bits per heavy atom. The molecule has 0 aliphatic carbocycles. The number of carbonyl (C=O) groups excluding carboxylic acids is 2. The summed E-state index contributed by atoms with van der Waals surface area (Å²) in [5, 5.41) is 2.90. The fourth-order valence-electron chi connectivity index (χ4n) is 2.80. The molecule has 22 heavy (non-hydrogen) atoms. The molecule has 0 fully saturated rings. The Kier molecular flexibility index (Phi) is 3.67. The van der Waals surface area contributed by atoms with Gasteiger partial charge in [0.25, 0.3) is 5.91 Å². The molecule has 0 aromatic heterocycles. The van der Waals surface area contributed by atoms with Crippen LogP contribution in [0, 0.1) is 6.92 Å². The minimum atomic E-state index is -0.130. The number of fused-ring (bicyclic) bond motifs is 1. The molecule has 0 bridgehead atoms. The Morgan fingerprint density at radius 3 is 2.68 bits per heavy atom. The van der Waals surface area contributed by atoms with Crippen molar-refractivity contribution < 1.29 is 9.59 Å². The lowest BCUT2D eigenvalue weighted by Gasteiger charge is -2.14. The third kappa shape index (κ3) is 2.72. The van der Waals surface area contributed by atoms with Gasteiger partial charge in [-0.05, 0) is 54.8 Å². The second-order valence-electron chi connectivity index (χ2n) is 5.59. The lowest BCUT2D eigenvalue weighted by atomic mass is 10.1. The Morgan fingerprint density at radius 2 is 1.95 bits per heavy atom. The predicted octanol–water partition coefficient (Wildman–Crippen LogP) is 3.16. The third-order valence-electron chi connectivity index (χ3n) is 3.89. The van der Waals surface area contributed by atoms with Crippen LogP contribution in [0.3, 0.4) is 0 Å². The summed E-state index contributed by atoms with van der Waals surface area (Å²) in [7, 11) is 0. The minimum absolute atomic E-state index is 0.0377. The predicted molar refractivity (Wildman–Crippen MR) is 87.3 cm³/mol. The van der Waals surface area contributed by atoms with Crippen molar-refractivity contribution >= 4 is 23.2 Å². The molecular weight excluding hydrogens is 276 g/mol. The van der Waals surface area contributed by atoms with Crippen molar-refractivity contribution in [3.63, 3.8) is 0 Å². The van der Waals surface area contributed by atoms with Gasteiger partial charge in [0.1, 0.15) is 0 Å². The van der Waals surface area contributed by atoms with Gasteiger partial charge in [-0.2, -0.15) is 0 Å². The second kappa shape index (κ2) is 5.64. The summed E-state index contributed by atoms with van der Waals surface area (Å²) in [5.74, 6) is -0.0922. The number of hydrogen-bond donors (Lipinski definition) is 1. The molecule has 112 valence electrons. The van der Waals surface area contributed by atoms with E-state index in [1.807, 2.05) is 43.3 Å². The van der Waals surface area contributed by atoms with Crippen LogP contribution in [0.5, 0.6) is 0 Å². The molecule has 4 heteroatoms. The van der Waals surface area contributed by atoms with Gasteiger partial charge in [-0.3, -0.25) is 9.59 Å². The highest BCUT2D eigenvalue weighted by Gasteiger charge is 2.23. The maximum atomic E-state index is 12.3. The quantitative estimate of drug-likeness (QED) is 0.925. The van der Waals surface area contributed by atoms with E-state index < -0.39 is 0 Å². The molecule has 2 amide bonds. The lowest BCUT2D eigenvalue weighted by molar-refractivity contribution is -0.116. The maximum absolute atomic E-state index is 12.3. The van der Waals surface area contributed by atoms with Crippen LogP contribution in [-0.4, -0.2) is 18.4 Å². The summed E-state index contributed by atoms with van der Waals surface area (Å²) in [5.41, 5.74) is 4.47. The first kappa shape index (κ1) is 14.3. The molecule has 1 aliphatic rings. The van der Waals surface area contributed by atoms with Crippen LogP contribution in [0.1, 0.15) is 28.4 Å². The number of anilines is 2. The van der Waals surface area contributed by atoms with Gasteiger partial charge < -0.3 is 10.2 Å². The maximum Gasteiger partial charge on any atom is 0.255 e. The van der Waals surface area contributed by atoms with E-state index in [-0.39, 0.29) is 11.8 Å². The van der Waals surface area contributed by atoms with Crippen molar-refractivity contribution in [3.8, 4) is 0 Å². The Bertz CT molecular complexity index is 753. The van der Waals surface area contributed by atoms with E-state index in [4.69, 9.17) is 0 Å². The van der Waals surface area contributed by atoms with E-state index in [2.05, 4.69) is 5.32 Å². The molecule has 0 spiro atoms. The van der Waals surface area contributed by atoms with E-state index >= 15 is 0 Å². The number of aryl methyl sites for hydroxylation is 1. The zero-order valence-electron chi connectivity index (χ0n) is 12.7. The molecular formula is C18H18N2O2. The van der Waals surface area contributed by atoms with Crippen molar-refractivity contribution in [1.29, 1.82) is 0 Å². The van der Waals surface area contributed by atoms with Crippen LogP contribution in [-0.2, 0) is 11.2 Å². The largest absolute Gasteiger partial charge is 0.322 e. The molecule has 0 radical (unpaired) electrons. The highest BCUT2D eigenvalue weighted by Crippen LogP contribution is 2.29. The SMILES string of the molecule is CC(=O)N1CCc2cc(C(=O)Nc3cccc(C)c3)ccc21. The van der Waals surface area contributed by atoms with E-state index in [0.717, 1.165) is 28.9 Å². The first-order valence-corrected chi connectivity index (χ1v) is 7.33. The van der Waals surface area contributed by atoms with Crippen LogP contribution in [0.15, 0.2) is 42.5 Å². The molecule has 2 aromatic carbocycles. The zero-order chi connectivity index (χ0) is 15.7. The van der Waals surface area contributed by atoms with Gasteiger partial charge in [-0.1, -0.05) is 12.1 Å². The van der Waals surface area contributed by atoms with Crippen LogP contribution in [0.25, 0.3) is 0 Å². The van der Waals surface area contributed by atoms with Crippen molar-refractivity contribution in [1.82, 2.24) is 0 Å². The molecule has 4 nitrogen and oxygen atoms in total. The summed E-state index contributed by atoms with van der Waals surface area (Å²) >= 11 is 0. The number of carbonyl (C=O) groups is 2. The average molecular weight is 294 g/mol. The minimum Gasteiger partial charge on any atom is -0.322 e. The summed E-state index contributed by atoms with van der Waals surface area (Å²) < 4.78 is 0. The zero-order valence-corrected chi connectivity index (χ0v) is 12.7. The highest BCUT2D eigenvalue weighted by atomic mass is 16.2. The standard InChI is InChI=1S/C18H18N2O2/c1-12-4-3-5-16(10-12)19-18(22)15-6-7-17-14(11-15)8-9-20(17)13(2)21/h3-7,10-11H,8-9H2,1-2H3,(H,19,22). The normalized spacial score (nSPS) is 12.9. The topological polar surface area (TPSA) is 49.4 Å². The van der Waals surface area contributed by atoms with E-state index in [1.54, 1.807) is 17.9 Å². The number of nitrogens with zero attached hydrogens (tertiary/aromatic N) is 1. The first-order chi connectivity index (χ1) is 10.5. The molecule has 1 aliphatic heterocycles. The molecule has 1 heterocycles. The van der Waals surface area contributed by atoms with Gasteiger partial charge in [0.15, 0.2) is 0 Å². The fourth-order valence-corrected chi connectivity index (χ4v) is 2.80. The first-order valence-electron chi connectivity index (χ1n) is 7.33. The molecule has 0 unspecified atom stereocenters. The molecule has 1 N–H and O–H groups in total. The van der Waals surface area contributed by atoms with Gasteiger partial charge >= 0.3 is 0 Å². The summed E-state index contributed by atoms with van der Waals surface area (Å²) in [4.78, 5) is 25.6. The Hall–Kier alpha value is -2.62. The van der Waals surface area contributed by atoms with Crippen molar-refractivity contribution in [2.24, 2.45) is 0 Å². The summed E-state index contributed by atoms with van der Waals surface area (Å²) in [6, 6.07) is 13.2. The third-order valence-corrected chi connectivity index (χ3v) is 3.89. The smallest absolute Gasteiger partial charge is 0.255 e. The summed E-state index contributed by atoms with van der Waals surface area (Å²) in [6.07, 6.45) is 0.792. The van der Waals surface area contributed by atoms with E-state index in [1.165, 1.54) is 0 Å². The average Bonchev–Trinajstić information content (AvgIpc) is 2.90. The summed E-state index contributed by atoms with van der Waals surface area (Å²) in [6.45, 7) is 4.24. The van der Waals surface area contributed by atoms with E-state index in [0.29, 0.717) is 12.1 Å². The van der Waals surface area contributed by atoms with Crippen LogP contribution in [0.4, 0.5) is 11.4 Å². The molecule has 0 saturated heterocycles. The molecule has 3 rings (SSSR count). The second-order valence-corrected chi connectivity index (χ2v) is 5.59. The highest BCUT2D eigenvalue weighted by molar-refractivity contribution is 6.05. The van der Waals surface area contributed by atoms with Crippen molar-refractivity contribution in [2.45, 2.75) is 20.3 Å². The van der Waals surface area contributed by atoms with E-state index in [9.17, 15) is 9.59 Å². The number of benzene rings is 2. The number of rotatable bonds is 2. The van der Waals surface area contributed by atoms with Gasteiger partial charge in [0.05, 0.1) is 0 Å². The fraction of sp³-hybridized carbons (Fsp3) is 0.222. The molecule has 0 atom stereocenters. The van der Waals surface area contributed by atoms with Crippen LogP contribution in [0.2, 0.25) is 0 Å². The lowest BCUT2D eigenvalue weighted by Crippen LogP contribution is -2.25. The monoisotopic (exact) mass is 294 g/mol. The van der Waals surface area contributed by atoms with Crippen molar-refractivity contribution in [2.75, 3.05) is 16.8 Å². The molecule has 2 aromatic rings. The van der Waals surface area contributed by atoms with Gasteiger partial charge in [-0.25, -0.2) is 0 Å². The van der Waals surface area contributed by atoms with Gasteiger partial charge in [0.2, 0.25) is 5.91 Å². The number of amides is 2. The molecule has 0 saturated carbocycles. The number of hydrogen-bond acceptors (Lipinski definition) is 2. The Balaban J connectivity index is 1.81.